The summed E-state index contributed by atoms with van der Waals surface area (Å²) in [5, 5.41) is 3.44. The van der Waals surface area contributed by atoms with Crippen molar-refractivity contribution in [3.63, 3.8) is 0 Å². The van der Waals surface area contributed by atoms with Crippen molar-refractivity contribution in [3.8, 4) is 5.75 Å². The number of ether oxygens (including phenoxy) is 2. The number of esters is 1. The van der Waals surface area contributed by atoms with Crippen molar-refractivity contribution in [2.75, 3.05) is 20.3 Å². The number of hydrogen-bond acceptors (Lipinski definition) is 4. The van der Waals surface area contributed by atoms with Gasteiger partial charge in [0.1, 0.15) is 5.75 Å². The molecule has 0 bridgehead atoms. The van der Waals surface area contributed by atoms with E-state index in [4.69, 9.17) is 9.47 Å². The van der Waals surface area contributed by atoms with E-state index in [9.17, 15) is 4.79 Å². The fourth-order valence-corrected chi connectivity index (χ4v) is 2.70. The first-order valence-corrected chi connectivity index (χ1v) is 7.08. The maximum absolute atomic E-state index is 12.5. The summed E-state index contributed by atoms with van der Waals surface area (Å²) in [6, 6.07) is 7.68. The Morgan fingerprint density at radius 2 is 2.20 bits per heavy atom. The predicted molar refractivity (Wildman–Crippen MR) is 77.6 cm³/mol. The minimum absolute atomic E-state index is 0.00333. The highest BCUT2D eigenvalue weighted by Crippen LogP contribution is 2.41. The molecular weight excluding hydrogens is 254 g/mol. The molecule has 110 valence electrons. The lowest BCUT2D eigenvalue weighted by atomic mass is 9.76. The third-order valence-corrected chi connectivity index (χ3v) is 3.84. The molecule has 2 rings (SSSR count). The average molecular weight is 277 g/mol. The largest absolute Gasteiger partial charge is 0.493 e. The van der Waals surface area contributed by atoms with Crippen LogP contribution in [0.2, 0.25) is 0 Å². The molecule has 0 spiro atoms. The normalized spacial score (nSPS) is 24.9. The number of hydrogen-bond donors (Lipinski definition) is 1. The standard InChI is InChI=1S/C16H23NO3/c1-11(2)9-17-16(15(18)19-4)12(3)10-20-14-8-6-5-7-13(14)16/h5-8,11-12,17H,9-10H2,1-4H3. The maximum Gasteiger partial charge on any atom is 0.331 e. The van der Waals surface area contributed by atoms with Gasteiger partial charge in [0.2, 0.25) is 0 Å². The summed E-state index contributed by atoms with van der Waals surface area (Å²) >= 11 is 0. The minimum atomic E-state index is -0.826. The summed E-state index contributed by atoms with van der Waals surface area (Å²) in [5.41, 5.74) is 0.0414. The molecular formula is C16H23NO3. The van der Waals surface area contributed by atoms with E-state index in [0.29, 0.717) is 12.5 Å². The van der Waals surface area contributed by atoms with E-state index in [-0.39, 0.29) is 11.9 Å². The van der Waals surface area contributed by atoms with Crippen LogP contribution in [0, 0.1) is 11.8 Å². The highest BCUT2D eigenvalue weighted by atomic mass is 16.5. The van der Waals surface area contributed by atoms with Crippen LogP contribution in [0.15, 0.2) is 24.3 Å². The van der Waals surface area contributed by atoms with Crippen molar-refractivity contribution in [2.24, 2.45) is 11.8 Å². The lowest BCUT2D eigenvalue weighted by Gasteiger charge is -2.42. The van der Waals surface area contributed by atoms with E-state index in [1.54, 1.807) is 0 Å². The molecule has 0 saturated carbocycles. The van der Waals surface area contributed by atoms with Crippen molar-refractivity contribution in [3.05, 3.63) is 29.8 Å². The average Bonchev–Trinajstić information content (AvgIpc) is 2.45. The second-order valence-corrected chi connectivity index (χ2v) is 5.78. The molecule has 4 nitrogen and oxygen atoms in total. The first-order chi connectivity index (χ1) is 9.52. The minimum Gasteiger partial charge on any atom is -0.493 e. The Bertz CT molecular complexity index is 486. The van der Waals surface area contributed by atoms with E-state index in [2.05, 4.69) is 19.2 Å². The van der Waals surface area contributed by atoms with Gasteiger partial charge in [0.15, 0.2) is 5.54 Å². The molecule has 1 aliphatic heterocycles. The molecule has 20 heavy (non-hydrogen) atoms. The molecule has 1 aromatic rings. The van der Waals surface area contributed by atoms with Gasteiger partial charge in [0.25, 0.3) is 0 Å². The molecule has 1 heterocycles. The van der Waals surface area contributed by atoms with Crippen LogP contribution in [-0.4, -0.2) is 26.2 Å². The quantitative estimate of drug-likeness (QED) is 0.858. The number of rotatable bonds is 4. The number of benzene rings is 1. The van der Waals surface area contributed by atoms with Gasteiger partial charge in [0, 0.05) is 11.5 Å². The van der Waals surface area contributed by atoms with E-state index < -0.39 is 5.54 Å². The van der Waals surface area contributed by atoms with Gasteiger partial charge in [-0.3, -0.25) is 5.32 Å². The highest BCUT2D eigenvalue weighted by Gasteiger charge is 2.50. The van der Waals surface area contributed by atoms with E-state index >= 15 is 0 Å². The SMILES string of the molecule is COC(=O)C1(NCC(C)C)c2ccccc2OCC1C. The Hall–Kier alpha value is -1.55. The Balaban J connectivity index is 2.50. The van der Waals surface area contributed by atoms with E-state index in [1.807, 2.05) is 31.2 Å². The summed E-state index contributed by atoms with van der Waals surface area (Å²) in [6.45, 7) is 7.49. The Morgan fingerprint density at radius 1 is 1.50 bits per heavy atom. The molecule has 0 saturated heterocycles. The second kappa shape index (κ2) is 5.83. The second-order valence-electron chi connectivity index (χ2n) is 5.78. The van der Waals surface area contributed by atoms with Gasteiger partial charge in [0.05, 0.1) is 13.7 Å². The summed E-state index contributed by atoms with van der Waals surface area (Å²) in [4.78, 5) is 12.5. The zero-order valence-corrected chi connectivity index (χ0v) is 12.6. The Morgan fingerprint density at radius 3 is 2.85 bits per heavy atom. The van der Waals surface area contributed by atoms with Gasteiger partial charge in [-0.15, -0.1) is 0 Å². The first-order valence-electron chi connectivity index (χ1n) is 7.08. The van der Waals surface area contributed by atoms with Crippen LogP contribution in [0.4, 0.5) is 0 Å². The van der Waals surface area contributed by atoms with E-state index in [1.165, 1.54) is 7.11 Å². The van der Waals surface area contributed by atoms with Gasteiger partial charge in [-0.05, 0) is 18.5 Å². The number of para-hydroxylation sites is 1. The zero-order valence-electron chi connectivity index (χ0n) is 12.6. The lowest BCUT2D eigenvalue weighted by Crippen LogP contribution is -2.58. The van der Waals surface area contributed by atoms with Crippen LogP contribution in [0.1, 0.15) is 26.3 Å². The lowest BCUT2D eigenvalue weighted by molar-refractivity contribution is -0.153. The molecule has 0 radical (unpaired) electrons. The van der Waals surface area contributed by atoms with Gasteiger partial charge >= 0.3 is 5.97 Å². The van der Waals surface area contributed by atoms with Gasteiger partial charge in [-0.2, -0.15) is 0 Å². The smallest absolute Gasteiger partial charge is 0.331 e. The fraction of sp³-hybridized carbons (Fsp3) is 0.562. The molecule has 0 aliphatic carbocycles. The van der Waals surface area contributed by atoms with Gasteiger partial charge in [-0.1, -0.05) is 39.0 Å². The van der Waals surface area contributed by atoms with Crippen molar-refractivity contribution < 1.29 is 14.3 Å². The van der Waals surface area contributed by atoms with Crippen LogP contribution in [-0.2, 0) is 15.1 Å². The van der Waals surface area contributed by atoms with Crippen molar-refractivity contribution >= 4 is 5.97 Å². The van der Waals surface area contributed by atoms with Crippen LogP contribution < -0.4 is 10.1 Å². The Labute approximate surface area is 120 Å². The van der Waals surface area contributed by atoms with Crippen LogP contribution >= 0.6 is 0 Å². The number of carbonyl (C=O) groups excluding carboxylic acids is 1. The summed E-state index contributed by atoms with van der Waals surface area (Å²) in [7, 11) is 1.44. The number of nitrogens with one attached hydrogen (secondary N) is 1. The number of carbonyl (C=O) groups is 1. The first kappa shape index (κ1) is 14.9. The number of methoxy groups -OCH3 is 1. The predicted octanol–water partition coefficient (Wildman–Crippen LogP) is 2.33. The summed E-state index contributed by atoms with van der Waals surface area (Å²) < 4.78 is 10.8. The molecule has 1 aromatic carbocycles. The molecule has 1 N–H and O–H groups in total. The fourth-order valence-electron chi connectivity index (χ4n) is 2.70. The van der Waals surface area contributed by atoms with Gasteiger partial charge in [-0.25, -0.2) is 4.79 Å². The summed E-state index contributed by atoms with van der Waals surface area (Å²) in [6.07, 6.45) is 0. The maximum atomic E-state index is 12.5. The van der Waals surface area contributed by atoms with Crippen LogP contribution in [0.3, 0.4) is 0 Å². The topological polar surface area (TPSA) is 47.6 Å². The highest BCUT2D eigenvalue weighted by molar-refractivity contribution is 5.84. The third-order valence-electron chi connectivity index (χ3n) is 3.84. The molecule has 0 aromatic heterocycles. The van der Waals surface area contributed by atoms with Crippen LogP contribution in [0.5, 0.6) is 5.75 Å². The molecule has 2 unspecified atom stereocenters. The molecule has 0 fully saturated rings. The van der Waals surface area contributed by atoms with E-state index in [0.717, 1.165) is 17.9 Å². The summed E-state index contributed by atoms with van der Waals surface area (Å²) in [5.74, 6) is 0.955. The molecule has 2 atom stereocenters. The molecule has 0 amide bonds. The molecule has 4 heteroatoms. The van der Waals surface area contributed by atoms with Crippen molar-refractivity contribution in [2.45, 2.75) is 26.3 Å². The molecule has 1 aliphatic rings. The van der Waals surface area contributed by atoms with Crippen molar-refractivity contribution in [1.82, 2.24) is 5.32 Å². The number of fused-ring (bicyclic) bond motifs is 1. The van der Waals surface area contributed by atoms with Crippen LogP contribution in [0.25, 0.3) is 0 Å². The Kier molecular flexibility index (Phi) is 4.33. The third kappa shape index (κ3) is 2.40. The van der Waals surface area contributed by atoms with Gasteiger partial charge < -0.3 is 9.47 Å². The monoisotopic (exact) mass is 277 g/mol. The van der Waals surface area contributed by atoms with Crippen molar-refractivity contribution in [1.29, 1.82) is 0 Å². The zero-order chi connectivity index (χ0) is 14.8.